The minimum absolute atomic E-state index is 0.199. The molecular formula is C25H21Cl2NO5. The smallest absolute Gasteiger partial charge is 0.329 e. The maximum absolute atomic E-state index is 12.9. The predicted molar refractivity (Wildman–Crippen MR) is 128 cm³/mol. The number of rotatable bonds is 10. The molecule has 0 unspecified atom stereocenters. The Kier molecular flexibility index (Phi) is 8.46. The Morgan fingerprint density at radius 1 is 0.879 bits per heavy atom. The Balaban J connectivity index is 1.74. The van der Waals surface area contributed by atoms with Crippen LogP contribution in [0.5, 0.6) is 5.75 Å². The molecular weight excluding hydrogens is 465 g/mol. The fourth-order valence-electron chi connectivity index (χ4n) is 3.03. The molecule has 0 aromatic heterocycles. The summed E-state index contributed by atoms with van der Waals surface area (Å²) in [6.45, 7) is -0.488. The summed E-state index contributed by atoms with van der Waals surface area (Å²) in [5.41, 5.74) is 1.20. The number of methoxy groups -OCH3 is 1. The van der Waals surface area contributed by atoms with Crippen LogP contribution in [0, 0.1) is 0 Å². The number of carbonyl (C=O) groups excluding carboxylic acids is 3. The number of ketones is 2. The maximum Gasteiger partial charge on any atom is 0.329 e. The van der Waals surface area contributed by atoms with Gasteiger partial charge in [0.1, 0.15) is 11.8 Å². The summed E-state index contributed by atoms with van der Waals surface area (Å²) >= 11 is 12.2. The van der Waals surface area contributed by atoms with E-state index in [0.29, 0.717) is 27.6 Å². The Hall–Kier alpha value is -3.35. The number of ether oxygens (including phenoxy) is 2. The van der Waals surface area contributed by atoms with E-state index in [9.17, 15) is 14.4 Å². The fourth-order valence-corrected chi connectivity index (χ4v) is 3.49. The van der Waals surface area contributed by atoms with Gasteiger partial charge >= 0.3 is 5.97 Å². The van der Waals surface area contributed by atoms with E-state index in [4.69, 9.17) is 32.7 Å². The molecule has 0 amide bonds. The lowest BCUT2D eigenvalue weighted by Crippen LogP contribution is -2.35. The van der Waals surface area contributed by atoms with Crippen molar-refractivity contribution in [2.75, 3.05) is 19.0 Å². The monoisotopic (exact) mass is 485 g/mol. The van der Waals surface area contributed by atoms with Gasteiger partial charge in [0.25, 0.3) is 0 Å². The Labute approximate surface area is 201 Å². The van der Waals surface area contributed by atoms with E-state index >= 15 is 0 Å². The molecule has 0 fully saturated rings. The third kappa shape index (κ3) is 6.81. The van der Waals surface area contributed by atoms with E-state index in [0.717, 1.165) is 0 Å². The second-order valence-electron chi connectivity index (χ2n) is 7.08. The fraction of sp³-hybridized carbons (Fsp3) is 0.160. The van der Waals surface area contributed by atoms with Crippen LogP contribution in [-0.2, 0) is 9.53 Å². The molecule has 1 N–H and O–H groups in total. The van der Waals surface area contributed by atoms with Gasteiger partial charge in [0.15, 0.2) is 18.2 Å². The lowest BCUT2D eigenvalue weighted by molar-refractivity contribution is -0.143. The van der Waals surface area contributed by atoms with E-state index < -0.39 is 24.4 Å². The number of Topliss-reactive ketones (excluding diaryl/α,β-unsaturated/α-hetero) is 2. The molecule has 3 aromatic rings. The summed E-state index contributed by atoms with van der Waals surface area (Å²) in [6, 6.07) is 18.7. The summed E-state index contributed by atoms with van der Waals surface area (Å²) < 4.78 is 10.4. The van der Waals surface area contributed by atoms with Crippen molar-refractivity contribution in [1.29, 1.82) is 0 Å². The van der Waals surface area contributed by atoms with Gasteiger partial charge in [0.05, 0.1) is 17.8 Å². The minimum atomic E-state index is -1.07. The molecule has 0 aliphatic carbocycles. The van der Waals surface area contributed by atoms with Crippen LogP contribution in [0.4, 0.5) is 5.69 Å². The van der Waals surface area contributed by atoms with Gasteiger partial charge in [-0.1, -0.05) is 65.7 Å². The Bertz CT molecular complexity index is 1150. The van der Waals surface area contributed by atoms with Crippen LogP contribution in [0.15, 0.2) is 72.8 Å². The van der Waals surface area contributed by atoms with Crippen LogP contribution in [-0.4, -0.2) is 37.3 Å². The number of benzene rings is 3. The molecule has 3 aromatic carbocycles. The molecule has 0 bridgehead atoms. The largest absolute Gasteiger partial charge is 0.497 e. The molecule has 0 heterocycles. The van der Waals surface area contributed by atoms with Crippen molar-refractivity contribution in [3.05, 3.63) is 94.0 Å². The minimum Gasteiger partial charge on any atom is -0.497 e. The van der Waals surface area contributed by atoms with Gasteiger partial charge in [-0.15, -0.1) is 0 Å². The number of anilines is 1. The summed E-state index contributed by atoms with van der Waals surface area (Å²) in [4.78, 5) is 38.1. The average Bonchev–Trinajstić information content (AvgIpc) is 2.83. The second-order valence-corrected chi connectivity index (χ2v) is 7.92. The van der Waals surface area contributed by atoms with Crippen LogP contribution in [0.2, 0.25) is 10.0 Å². The second kappa shape index (κ2) is 11.5. The molecule has 8 heteroatoms. The highest BCUT2D eigenvalue weighted by Crippen LogP contribution is 2.27. The average molecular weight is 486 g/mol. The highest BCUT2D eigenvalue weighted by atomic mass is 35.5. The van der Waals surface area contributed by atoms with Crippen LogP contribution in [0.25, 0.3) is 0 Å². The summed E-state index contributed by atoms with van der Waals surface area (Å²) in [5.74, 6) is -0.923. The first-order chi connectivity index (χ1) is 15.9. The van der Waals surface area contributed by atoms with Gasteiger partial charge in [0, 0.05) is 22.6 Å². The van der Waals surface area contributed by atoms with E-state index in [2.05, 4.69) is 5.32 Å². The van der Waals surface area contributed by atoms with Crippen molar-refractivity contribution in [2.45, 2.75) is 12.5 Å². The van der Waals surface area contributed by atoms with Gasteiger partial charge in [0.2, 0.25) is 0 Å². The van der Waals surface area contributed by atoms with Gasteiger partial charge in [-0.3, -0.25) is 9.59 Å². The molecule has 6 nitrogen and oxygen atoms in total. The van der Waals surface area contributed by atoms with E-state index in [1.807, 2.05) is 0 Å². The van der Waals surface area contributed by atoms with Crippen LogP contribution < -0.4 is 10.1 Å². The summed E-state index contributed by atoms with van der Waals surface area (Å²) in [6.07, 6.45) is -0.199. The number of halogens is 2. The molecule has 0 spiro atoms. The molecule has 3 rings (SSSR count). The number of nitrogens with one attached hydrogen (secondary N) is 1. The lowest BCUT2D eigenvalue weighted by atomic mass is 10.0. The third-order valence-electron chi connectivity index (χ3n) is 4.77. The standard InChI is InChI=1S/C25H21Cl2NO5/c1-32-19-9-5-8-17(12-19)24(30)15-33-25(31)22(14-23(29)16-6-3-2-4-7-16)28-21-11-10-18(26)13-20(21)27/h2-13,22,28H,14-15H2,1H3/t22-/m0/s1. The van der Waals surface area contributed by atoms with Gasteiger partial charge < -0.3 is 14.8 Å². The molecule has 33 heavy (non-hydrogen) atoms. The molecule has 1 atom stereocenters. The summed E-state index contributed by atoms with van der Waals surface area (Å²) in [5, 5.41) is 3.64. The van der Waals surface area contributed by atoms with Gasteiger partial charge in [-0.25, -0.2) is 4.79 Å². The first-order valence-corrected chi connectivity index (χ1v) is 10.8. The van der Waals surface area contributed by atoms with Crippen molar-refractivity contribution >= 4 is 46.4 Å². The quantitative estimate of drug-likeness (QED) is 0.302. The highest BCUT2D eigenvalue weighted by Gasteiger charge is 2.26. The predicted octanol–water partition coefficient (Wildman–Crippen LogP) is 5.48. The highest BCUT2D eigenvalue weighted by molar-refractivity contribution is 6.36. The lowest BCUT2D eigenvalue weighted by Gasteiger charge is -2.19. The van der Waals surface area contributed by atoms with Gasteiger partial charge in [-0.05, 0) is 30.3 Å². The van der Waals surface area contributed by atoms with Crippen molar-refractivity contribution < 1.29 is 23.9 Å². The van der Waals surface area contributed by atoms with Gasteiger partial charge in [-0.2, -0.15) is 0 Å². The number of carbonyl (C=O) groups is 3. The van der Waals surface area contributed by atoms with Crippen molar-refractivity contribution in [3.63, 3.8) is 0 Å². The first-order valence-electron chi connectivity index (χ1n) is 10.0. The zero-order chi connectivity index (χ0) is 23.8. The zero-order valence-corrected chi connectivity index (χ0v) is 19.2. The van der Waals surface area contributed by atoms with Crippen LogP contribution in [0.1, 0.15) is 27.1 Å². The van der Waals surface area contributed by atoms with Crippen LogP contribution in [0.3, 0.4) is 0 Å². The van der Waals surface area contributed by atoms with E-state index in [1.54, 1.807) is 66.7 Å². The SMILES string of the molecule is COc1cccc(C(=O)COC(=O)[C@H](CC(=O)c2ccccc2)Nc2ccc(Cl)cc2Cl)c1. The molecule has 0 radical (unpaired) electrons. The normalized spacial score (nSPS) is 11.4. The summed E-state index contributed by atoms with van der Waals surface area (Å²) in [7, 11) is 1.49. The molecule has 0 aliphatic rings. The first kappa shape index (κ1) is 24.3. The number of hydrogen-bond acceptors (Lipinski definition) is 6. The molecule has 0 saturated carbocycles. The maximum atomic E-state index is 12.9. The van der Waals surface area contributed by atoms with E-state index in [1.165, 1.54) is 13.2 Å². The molecule has 0 saturated heterocycles. The third-order valence-corrected chi connectivity index (χ3v) is 5.32. The zero-order valence-electron chi connectivity index (χ0n) is 17.7. The Morgan fingerprint density at radius 2 is 1.61 bits per heavy atom. The molecule has 170 valence electrons. The van der Waals surface area contributed by atoms with Crippen molar-refractivity contribution in [1.82, 2.24) is 0 Å². The Morgan fingerprint density at radius 3 is 2.30 bits per heavy atom. The van der Waals surface area contributed by atoms with Crippen molar-refractivity contribution in [2.24, 2.45) is 0 Å². The number of hydrogen-bond donors (Lipinski definition) is 1. The topological polar surface area (TPSA) is 81.7 Å². The van der Waals surface area contributed by atoms with Crippen molar-refractivity contribution in [3.8, 4) is 5.75 Å². The van der Waals surface area contributed by atoms with Crippen LogP contribution >= 0.6 is 23.2 Å². The molecule has 0 aliphatic heterocycles. The number of esters is 1. The van der Waals surface area contributed by atoms with E-state index in [-0.39, 0.29) is 17.2 Å².